The van der Waals surface area contributed by atoms with Gasteiger partial charge in [0.15, 0.2) is 21.3 Å². The van der Waals surface area contributed by atoms with Crippen LogP contribution in [0.2, 0.25) is 0 Å². The van der Waals surface area contributed by atoms with Gasteiger partial charge >= 0.3 is 0 Å². The van der Waals surface area contributed by atoms with Crippen LogP contribution in [0.15, 0.2) is 75.0 Å². The Morgan fingerprint density at radius 2 is 1.69 bits per heavy atom. The monoisotopic (exact) mass is 522 g/mol. The van der Waals surface area contributed by atoms with E-state index < -0.39 is 9.84 Å². The van der Waals surface area contributed by atoms with Crippen LogP contribution in [0.5, 0.6) is 17.2 Å². The lowest BCUT2D eigenvalue weighted by Gasteiger charge is -2.10. The van der Waals surface area contributed by atoms with E-state index in [9.17, 15) is 8.42 Å². The summed E-state index contributed by atoms with van der Waals surface area (Å²) in [5, 5.41) is 1.86. The van der Waals surface area contributed by atoms with Crippen LogP contribution < -0.4 is 19.6 Å². The Labute approximate surface area is 211 Å². The Morgan fingerprint density at radius 3 is 2.42 bits per heavy atom. The van der Waals surface area contributed by atoms with Crippen molar-refractivity contribution in [1.82, 2.24) is 4.98 Å². The van der Waals surface area contributed by atoms with Gasteiger partial charge in [-0.15, -0.1) is 0 Å². The van der Waals surface area contributed by atoms with Gasteiger partial charge in [-0.3, -0.25) is 0 Å². The molecule has 5 aromatic rings. The van der Waals surface area contributed by atoms with Crippen LogP contribution in [0.3, 0.4) is 0 Å². The van der Waals surface area contributed by atoms with Crippen LogP contribution in [0.1, 0.15) is 0 Å². The summed E-state index contributed by atoms with van der Waals surface area (Å²) in [4.78, 5) is 9.66. The lowest BCUT2D eigenvalue weighted by Crippen LogP contribution is -2.03. The molecule has 3 aromatic carbocycles. The normalized spacial score (nSPS) is 12.3. The number of hydrogen-bond donors (Lipinski definition) is 0. The Morgan fingerprint density at radius 1 is 0.889 bits per heavy atom. The van der Waals surface area contributed by atoms with Gasteiger partial charge in [-0.05, 0) is 54.6 Å². The van der Waals surface area contributed by atoms with Crippen molar-refractivity contribution in [3.8, 4) is 28.6 Å². The fraction of sp³-hybridized carbons (Fsp3) is 0.154. The van der Waals surface area contributed by atoms with Gasteiger partial charge in [-0.2, -0.15) is 0 Å². The smallest absolute Gasteiger partial charge is 0.210 e. The molecule has 0 saturated carbocycles. The van der Waals surface area contributed by atoms with E-state index in [1.165, 1.54) is 17.6 Å². The second-order valence-corrected chi connectivity index (χ2v) is 11.0. The zero-order chi connectivity index (χ0) is 25.4. The quantitative estimate of drug-likeness (QED) is 0.295. The molecule has 0 aliphatic carbocycles. The first-order valence-electron chi connectivity index (χ1n) is 10.8. The van der Waals surface area contributed by atoms with Gasteiger partial charge in [0.1, 0.15) is 17.1 Å². The first kappa shape index (κ1) is 23.8. The number of hydrogen-bond acceptors (Lipinski definition) is 9. The van der Waals surface area contributed by atoms with Gasteiger partial charge in [0.05, 0.1) is 41.8 Å². The number of methoxy groups -OCH3 is 3. The van der Waals surface area contributed by atoms with E-state index in [-0.39, 0.29) is 4.90 Å². The topological polar surface area (TPSA) is 100 Å². The minimum Gasteiger partial charge on any atom is -0.497 e. The lowest BCUT2D eigenvalue weighted by atomic mass is 10.1. The van der Waals surface area contributed by atoms with Crippen LogP contribution in [0.25, 0.3) is 32.5 Å². The number of aromatic nitrogens is 1. The van der Waals surface area contributed by atoms with Gasteiger partial charge in [0, 0.05) is 23.3 Å². The van der Waals surface area contributed by atoms with Crippen LogP contribution in [0.4, 0.5) is 5.13 Å². The van der Waals surface area contributed by atoms with Gasteiger partial charge < -0.3 is 18.6 Å². The van der Waals surface area contributed by atoms with Crippen LogP contribution in [-0.2, 0) is 9.84 Å². The van der Waals surface area contributed by atoms with Crippen molar-refractivity contribution < 1.29 is 27.0 Å². The van der Waals surface area contributed by atoms with Gasteiger partial charge in [0.25, 0.3) is 0 Å². The molecule has 0 atom stereocenters. The summed E-state index contributed by atoms with van der Waals surface area (Å²) in [5.41, 5.74) is 2.07. The average molecular weight is 523 g/mol. The molecule has 0 aliphatic rings. The second kappa shape index (κ2) is 9.29. The standard InChI is InChI=1S/C26H22N2O6S2/c1-31-16-6-10-21-18(12-16)20(14-23(34-21)15-5-9-22(32-2)24(11-15)33-3)28-26-27-19-8-7-17(36(4,29)30)13-25(19)35-26/h5-14H,1-4H3. The molecule has 0 unspecified atom stereocenters. The van der Waals surface area contributed by atoms with E-state index in [4.69, 9.17) is 23.6 Å². The Hall–Kier alpha value is -3.89. The highest BCUT2D eigenvalue weighted by Gasteiger charge is 2.13. The number of fused-ring (bicyclic) bond motifs is 2. The summed E-state index contributed by atoms with van der Waals surface area (Å²) in [6.45, 7) is 0. The van der Waals surface area contributed by atoms with Gasteiger partial charge in [-0.1, -0.05) is 11.3 Å². The van der Waals surface area contributed by atoms with E-state index in [1.807, 2.05) is 42.5 Å². The zero-order valence-electron chi connectivity index (χ0n) is 19.9. The maximum atomic E-state index is 12.0. The second-order valence-electron chi connectivity index (χ2n) is 7.94. The molecular formula is C26H22N2O6S2. The number of nitrogens with zero attached hydrogens (tertiary/aromatic N) is 2. The molecule has 2 heterocycles. The van der Waals surface area contributed by atoms with Crippen molar-refractivity contribution in [2.75, 3.05) is 27.6 Å². The molecular weight excluding hydrogens is 500 g/mol. The first-order chi connectivity index (χ1) is 17.3. The fourth-order valence-corrected chi connectivity index (χ4v) is 5.38. The maximum Gasteiger partial charge on any atom is 0.210 e. The number of thiazole rings is 1. The van der Waals surface area contributed by atoms with E-state index in [2.05, 4.69) is 4.98 Å². The van der Waals surface area contributed by atoms with Crippen molar-refractivity contribution in [2.24, 2.45) is 4.99 Å². The first-order valence-corrected chi connectivity index (χ1v) is 13.5. The molecule has 0 saturated heterocycles. The Bertz CT molecular complexity index is 1790. The molecule has 0 bridgehead atoms. The Balaban J connectivity index is 1.72. The molecule has 0 N–H and O–H groups in total. The molecule has 8 nitrogen and oxygen atoms in total. The van der Waals surface area contributed by atoms with Crippen molar-refractivity contribution in [2.45, 2.75) is 4.90 Å². The van der Waals surface area contributed by atoms with Crippen molar-refractivity contribution in [3.05, 3.63) is 66.0 Å². The SMILES string of the molecule is COc1ccc2oc(-c3ccc(OC)c(OC)c3)cc(=Nc3nc4ccc(S(C)(=O)=O)cc4s3)c2c1. The molecule has 36 heavy (non-hydrogen) atoms. The number of rotatable bonds is 6. The Kier molecular flexibility index (Phi) is 6.15. The van der Waals surface area contributed by atoms with Crippen molar-refractivity contribution in [3.63, 3.8) is 0 Å². The molecule has 0 aliphatic heterocycles. The summed E-state index contributed by atoms with van der Waals surface area (Å²) in [6, 6.07) is 17.7. The highest BCUT2D eigenvalue weighted by atomic mass is 32.2. The van der Waals surface area contributed by atoms with Crippen molar-refractivity contribution in [1.29, 1.82) is 0 Å². The molecule has 0 spiro atoms. The highest BCUT2D eigenvalue weighted by molar-refractivity contribution is 7.90. The highest BCUT2D eigenvalue weighted by Crippen LogP contribution is 2.34. The van der Waals surface area contributed by atoms with E-state index in [0.29, 0.717) is 44.6 Å². The van der Waals surface area contributed by atoms with Crippen LogP contribution in [0, 0.1) is 0 Å². The summed E-state index contributed by atoms with van der Waals surface area (Å²) in [5.74, 6) is 2.42. The molecule has 2 aromatic heterocycles. The minimum atomic E-state index is -3.32. The largest absolute Gasteiger partial charge is 0.497 e. The third-order valence-corrected chi connectivity index (χ3v) is 7.63. The molecule has 10 heteroatoms. The lowest BCUT2D eigenvalue weighted by molar-refractivity contribution is 0.355. The number of sulfone groups is 1. The molecule has 5 rings (SSSR count). The van der Waals surface area contributed by atoms with Gasteiger partial charge in [-0.25, -0.2) is 18.4 Å². The van der Waals surface area contributed by atoms with Crippen LogP contribution in [-0.4, -0.2) is 41.0 Å². The number of ether oxygens (including phenoxy) is 3. The van der Waals surface area contributed by atoms with Gasteiger partial charge in [0.2, 0.25) is 5.13 Å². The third kappa shape index (κ3) is 4.52. The predicted molar refractivity (Wildman–Crippen MR) is 139 cm³/mol. The predicted octanol–water partition coefficient (Wildman–Crippen LogP) is 5.37. The summed E-state index contributed by atoms with van der Waals surface area (Å²) in [6.07, 6.45) is 1.18. The average Bonchev–Trinajstić information content (AvgIpc) is 3.29. The molecule has 184 valence electrons. The van der Waals surface area contributed by atoms with E-state index in [1.54, 1.807) is 39.5 Å². The summed E-state index contributed by atoms with van der Waals surface area (Å²) in [7, 11) is 1.43. The van der Waals surface area contributed by atoms with E-state index >= 15 is 0 Å². The van der Waals surface area contributed by atoms with E-state index in [0.717, 1.165) is 15.6 Å². The molecule has 0 radical (unpaired) electrons. The third-order valence-electron chi connectivity index (χ3n) is 5.61. The summed E-state index contributed by atoms with van der Waals surface area (Å²) >= 11 is 1.31. The fourth-order valence-electron chi connectivity index (χ4n) is 3.77. The molecule has 0 amide bonds. The zero-order valence-corrected chi connectivity index (χ0v) is 21.6. The minimum absolute atomic E-state index is 0.245. The van der Waals surface area contributed by atoms with Crippen LogP contribution >= 0.6 is 11.3 Å². The maximum absolute atomic E-state index is 12.0. The summed E-state index contributed by atoms with van der Waals surface area (Å²) < 4.78 is 47.1. The number of benzene rings is 3. The van der Waals surface area contributed by atoms with Crippen molar-refractivity contribution >= 4 is 47.5 Å². The molecule has 0 fully saturated rings.